The zero-order valence-corrected chi connectivity index (χ0v) is 54.1. The second-order valence-electron chi connectivity index (χ2n) is 24.5. The molecule has 0 bridgehead atoms. The van der Waals surface area contributed by atoms with Crippen molar-refractivity contribution in [3.63, 3.8) is 0 Å². The van der Waals surface area contributed by atoms with Gasteiger partial charge in [0, 0.05) is 4.47 Å². The third-order valence-electron chi connectivity index (χ3n) is 18.9. The smallest absolute Gasteiger partial charge is 0.423 e. The summed E-state index contributed by atoms with van der Waals surface area (Å²) in [5.74, 6) is 0. The summed E-state index contributed by atoms with van der Waals surface area (Å²) in [4.78, 5) is 0. The minimum absolute atomic E-state index is 0.553. The lowest BCUT2D eigenvalue weighted by Crippen LogP contribution is -2.31. The largest absolute Gasteiger partial charge is 0.489 e. The SMILES string of the molecule is Brc1ccc(-c2ccc3c(ccc4ccccc43)c2)cc1.OB(O)c1c2ccccc2c(-c2ccccc2-c2ccccc2)c2ccccc12.c1ccc(-c2ccccc2-c2c3ccccc3c(-c3cccc(-c4ccc5c(ccc6ccccc65)c4)c3)c3ccccc23)cc1. The van der Waals surface area contributed by atoms with Crippen LogP contribution in [0, 0.1) is 0 Å². The molecule has 18 aromatic carbocycles. The quantitative estimate of drug-likeness (QED) is 0.0904. The highest BCUT2D eigenvalue weighted by Crippen LogP contribution is 2.47. The van der Waals surface area contributed by atoms with Crippen LogP contribution in [0.1, 0.15) is 0 Å². The highest BCUT2D eigenvalue weighted by molar-refractivity contribution is 9.10. The van der Waals surface area contributed by atoms with E-state index in [1.165, 1.54) is 120 Å². The van der Waals surface area contributed by atoms with Crippen molar-refractivity contribution in [2.45, 2.75) is 0 Å². The molecule has 2 N–H and O–H groups in total. The fourth-order valence-corrected chi connectivity index (χ4v) is 14.7. The molecular weight excluding hydrogens is 1230 g/mol. The molecule has 96 heavy (non-hydrogen) atoms. The minimum Gasteiger partial charge on any atom is -0.423 e. The summed E-state index contributed by atoms with van der Waals surface area (Å²) in [5.41, 5.74) is 17.6. The second-order valence-corrected chi connectivity index (χ2v) is 25.4. The Morgan fingerprint density at radius 3 is 0.938 bits per heavy atom. The molecule has 0 atom stereocenters. The first-order chi connectivity index (χ1) is 47.4. The standard InChI is InChI=1S/C46H30.C26H19BO2.C20H13Br/c1-2-13-31(14-3-1)38-19-6-7-20-40(38)46-43-23-10-8-21-41(43)45(42-22-9-11-24-44(42)46)36-17-12-16-33(30-36)34-27-28-39-35(29-34)26-25-32-15-4-5-18-37(32)39;28-27(29)26-23-16-8-6-14-21(23)25(22-15-7-9-17-24(22)26)20-13-5-4-12-19(20)18-10-2-1-3-11-18;21-18-10-7-14(8-11-18)16-9-12-20-17(13-16)6-5-15-3-1-2-4-19(15)20/h1-30H;1-17,28-29H;1-13H. The van der Waals surface area contributed by atoms with Gasteiger partial charge < -0.3 is 10.0 Å². The molecule has 18 aromatic rings. The van der Waals surface area contributed by atoms with Crippen molar-refractivity contribution in [2.24, 2.45) is 0 Å². The van der Waals surface area contributed by atoms with Crippen molar-refractivity contribution in [1.82, 2.24) is 0 Å². The van der Waals surface area contributed by atoms with Gasteiger partial charge in [-0.15, -0.1) is 0 Å². The normalized spacial score (nSPS) is 11.3. The van der Waals surface area contributed by atoms with Gasteiger partial charge in [-0.1, -0.05) is 350 Å². The van der Waals surface area contributed by atoms with Gasteiger partial charge >= 0.3 is 7.12 Å². The van der Waals surface area contributed by atoms with Crippen LogP contribution in [-0.2, 0) is 0 Å². The average Bonchev–Trinajstić information content (AvgIpc) is 0.743. The predicted molar refractivity (Wildman–Crippen MR) is 415 cm³/mol. The van der Waals surface area contributed by atoms with Crippen LogP contribution in [0.25, 0.3) is 164 Å². The van der Waals surface area contributed by atoms with E-state index < -0.39 is 7.12 Å². The zero-order valence-electron chi connectivity index (χ0n) is 52.5. The van der Waals surface area contributed by atoms with E-state index in [9.17, 15) is 10.0 Å². The predicted octanol–water partition coefficient (Wildman–Crippen LogP) is 24.4. The molecule has 452 valence electrons. The second kappa shape index (κ2) is 26.1. The molecule has 0 heterocycles. The average molecular weight is 1290 g/mol. The number of hydrogen-bond acceptors (Lipinski definition) is 2. The fraction of sp³-hybridized carbons (Fsp3) is 0. The Morgan fingerprint density at radius 1 is 0.188 bits per heavy atom. The maximum atomic E-state index is 10.2. The highest BCUT2D eigenvalue weighted by Gasteiger charge is 2.24. The molecule has 0 fully saturated rings. The number of hydrogen-bond donors (Lipinski definition) is 2. The monoisotopic (exact) mass is 1290 g/mol. The van der Waals surface area contributed by atoms with Gasteiger partial charge in [0.05, 0.1) is 0 Å². The van der Waals surface area contributed by atoms with Gasteiger partial charge in [0.2, 0.25) is 0 Å². The van der Waals surface area contributed by atoms with Crippen LogP contribution in [0.5, 0.6) is 0 Å². The minimum atomic E-state index is -1.54. The van der Waals surface area contributed by atoms with Crippen LogP contribution in [0.15, 0.2) is 368 Å². The van der Waals surface area contributed by atoms with Crippen LogP contribution < -0.4 is 5.46 Å². The van der Waals surface area contributed by atoms with E-state index in [2.05, 4.69) is 325 Å². The summed E-state index contributed by atoms with van der Waals surface area (Å²) in [7, 11) is -1.54. The van der Waals surface area contributed by atoms with Crippen molar-refractivity contribution >= 4 is 115 Å². The molecule has 0 saturated heterocycles. The molecule has 0 aliphatic rings. The lowest BCUT2D eigenvalue weighted by Gasteiger charge is -2.20. The number of rotatable bonds is 8. The Balaban J connectivity index is 0.000000124. The molecular formula is C92H62BBrO2. The summed E-state index contributed by atoms with van der Waals surface area (Å²) >= 11 is 3.48. The molecule has 0 aromatic heterocycles. The molecule has 2 nitrogen and oxygen atoms in total. The molecule has 18 rings (SSSR count). The topological polar surface area (TPSA) is 40.5 Å². The van der Waals surface area contributed by atoms with Crippen molar-refractivity contribution in [1.29, 1.82) is 0 Å². The molecule has 0 spiro atoms. The maximum absolute atomic E-state index is 10.2. The molecule has 0 aliphatic carbocycles. The molecule has 0 amide bonds. The third kappa shape index (κ3) is 11.3. The highest BCUT2D eigenvalue weighted by atomic mass is 79.9. The molecule has 0 aliphatic heterocycles. The molecule has 0 saturated carbocycles. The Hall–Kier alpha value is -11.5. The van der Waals surface area contributed by atoms with Gasteiger partial charge in [0.1, 0.15) is 0 Å². The lowest BCUT2D eigenvalue weighted by molar-refractivity contribution is 0.426. The van der Waals surface area contributed by atoms with Gasteiger partial charge in [0.25, 0.3) is 0 Å². The van der Waals surface area contributed by atoms with Crippen LogP contribution in [-0.4, -0.2) is 17.2 Å². The van der Waals surface area contributed by atoms with Crippen LogP contribution in [0.4, 0.5) is 0 Å². The van der Waals surface area contributed by atoms with Gasteiger partial charge in [-0.2, -0.15) is 0 Å². The van der Waals surface area contributed by atoms with E-state index in [1.54, 1.807) is 0 Å². The Labute approximate surface area is 567 Å². The Kier molecular flexibility index (Phi) is 16.2. The van der Waals surface area contributed by atoms with Crippen molar-refractivity contribution in [2.75, 3.05) is 0 Å². The van der Waals surface area contributed by atoms with Gasteiger partial charge in [-0.25, -0.2) is 0 Å². The Bertz CT molecular complexity index is 5830. The number of fused-ring (bicyclic) bond motifs is 10. The zero-order chi connectivity index (χ0) is 64.5. The van der Waals surface area contributed by atoms with Crippen LogP contribution in [0.2, 0.25) is 0 Å². The summed E-state index contributed by atoms with van der Waals surface area (Å²) in [6, 6.07) is 129. The summed E-state index contributed by atoms with van der Waals surface area (Å²) in [6.45, 7) is 0. The maximum Gasteiger partial charge on any atom is 0.489 e. The van der Waals surface area contributed by atoms with Crippen LogP contribution in [0.3, 0.4) is 0 Å². The fourth-order valence-electron chi connectivity index (χ4n) is 14.5. The van der Waals surface area contributed by atoms with Crippen molar-refractivity contribution in [3.8, 4) is 77.9 Å². The van der Waals surface area contributed by atoms with Gasteiger partial charge in [-0.3, -0.25) is 0 Å². The van der Waals surface area contributed by atoms with Gasteiger partial charge in [0.15, 0.2) is 0 Å². The Morgan fingerprint density at radius 2 is 0.490 bits per heavy atom. The number of benzene rings is 18. The molecule has 0 radical (unpaired) electrons. The third-order valence-corrected chi connectivity index (χ3v) is 19.4. The summed E-state index contributed by atoms with van der Waals surface area (Å²) < 4.78 is 1.11. The van der Waals surface area contributed by atoms with Crippen LogP contribution >= 0.6 is 15.9 Å². The first kappa shape index (κ1) is 59.5. The van der Waals surface area contributed by atoms with Crippen molar-refractivity contribution in [3.05, 3.63) is 368 Å². The first-order valence-corrected chi connectivity index (χ1v) is 33.4. The van der Waals surface area contributed by atoms with E-state index >= 15 is 0 Å². The van der Waals surface area contributed by atoms with E-state index in [0.29, 0.717) is 5.46 Å². The first-order valence-electron chi connectivity index (χ1n) is 32.6. The lowest BCUT2D eigenvalue weighted by atomic mass is 9.72. The summed E-state index contributed by atoms with van der Waals surface area (Å²) in [6.07, 6.45) is 0. The van der Waals surface area contributed by atoms with Crippen molar-refractivity contribution < 1.29 is 10.0 Å². The van der Waals surface area contributed by atoms with E-state index in [-0.39, 0.29) is 0 Å². The summed E-state index contributed by atoms with van der Waals surface area (Å²) in [5, 5.41) is 39.5. The van der Waals surface area contributed by atoms with Gasteiger partial charge in [-0.05, 0) is 200 Å². The molecule has 0 unspecified atom stereocenters. The number of halogens is 1. The van der Waals surface area contributed by atoms with E-state index in [4.69, 9.17) is 0 Å². The van der Waals surface area contributed by atoms with E-state index in [1.807, 2.05) is 54.6 Å². The van der Waals surface area contributed by atoms with E-state index in [0.717, 1.165) is 48.3 Å². The molecule has 4 heteroatoms.